The number of piperidine rings is 1. The summed E-state index contributed by atoms with van der Waals surface area (Å²) in [6.07, 6.45) is -1.86. The fourth-order valence-electron chi connectivity index (χ4n) is 3.79. The number of carboxylic acid groups (broad SMARTS) is 1. The summed E-state index contributed by atoms with van der Waals surface area (Å²) in [6, 6.07) is 4.62. The maximum atomic E-state index is 10.6. The van der Waals surface area contributed by atoms with Crippen molar-refractivity contribution in [2.45, 2.75) is 63.9 Å². The van der Waals surface area contributed by atoms with E-state index in [0.29, 0.717) is 11.9 Å². The number of halogens is 3. The molecule has 0 aromatic carbocycles. The normalized spacial score (nSPS) is 24.2. The number of aromatic nitrogens is 2. The summed E-state index contributed by atoms with van der Waals surface area (Å²) in [6.45, 7) is 6.53. The van der Waals surface area contributed by atoms with Gasteiger partial charge in [-0.1, -0.05) is 12.1 Å². The van der Waals surface area contributed by atoms with Crippen LogP contribution in [0.4, 0.5) is 13.2 Å². The second kappa shape index (κ2) is 9.17. The lowest BCUT2D eigenvalue weighted by atomic mass is 9.90. The fourth-order valence-corrected chi connectivity index (χ4v) is 3.79. The number of likely N-dealkylation sites (tertiary alicyclic amines) is 1. The number of nitrogens with zero attached hydrogens (tertiary/aromatic N) is 3. The minimum absolute atomic E-state index is 0.233. The topological polar surface area (TPSA) is 102 Å². The highest BCUT2D eigenvalue weighted by Gasteiger charge is 2.42. The predicted octanol–water partition coefficient (Wildman–Crippen LogP) is 3.31. The first kappa shape index (κ1) is 22.3. The van der Waals surface area contributed by atoms with Gasteiger partial charge in [-0.25, -0.2) is 4.79 Å². The molecule has 0 radical (unpaired) electrons. The fraction of sp³-hybridized carbons (Fsp3) is 0.632. The van der Waals surface area contributed by atoms with Gasteiger partial charge in [-0.2, -0.15) is 18.2 Å². The maximum absolute atomic E-state index is 10.6. The SMILES string of the molecule is CCc1ccc(CN2C[C@@H](c3nc(C)no3)C[C@H]3OCC[C@H]32)o1.O=C(O)C(F)(F)F. The van der Waals surface area contributed by atoms with Gasteiger partial charge in [-0.05, 0) is 31.9 Å². The minimum Gasteiger partial charge on any atom is -0.475 e. The van der Waals surface area contributed by atoms with Crippen LogP contribution in [0.3, 0.4) is 0 Å². The standard InChI is InChI=1S/C17H23N3O3.C2HF3O2/c1-3-13-4-5-14(22-13)10-20-9-12(17-18-11(2)19-23-17)8-16-15(20)6-7-21-16;3-2(4,5)1(6)7/h4-5,12,15-16H,3,6-10H2,1-2H3;(H,6,7)/t12-,15+,16+;/m0./s1. The van der Waals surface area contributed by atoms with Gasteiger partial charge >= 0.3 is 12.1 Å². The van der Waals surface area contributed by atoms with Gasteiger partial charge in [0.05, 0.1) is 18.6 Å². The average molecular weight is 431 g/mol. The third kappa shape index (κ3) is 5.39. The van der Waals surface area contributed by atoms with Crippen LogP contribution in [0.25, 0.3) is 0 Å². The maximum Gasteiger partial charge on any atom is 0.490 e. The molecule has 2 aromatic heterocycles. The molecule has 8 nitrogen and oxygen atoms in total. The number of rotatable bonds is 4. The van der Waals surface area contributed by atoms with Crippen LogP contribution < -0.4 is 0 Å². The summed E-state index contributed by atoms with van der Waals surface area (Å²) in [7, 11) is 0. The third-order valence-electron chi connectivity index (χ3n) is 5.18. The van der Waals surface area contributed by atoms with E-state index in [0.717, 1.165) is 56.4 Å². The van der Waals surface area contributed by atoms with Gasteiger partial charge in [0, 0.05) is 25.6 Å². The van der Waals surface area contributed by atoms with Crippen molar-refractivity contribution >= 4 is 5.97 Å². The smallest absolute Gasteiger partial charge is 0.475 e. The number of carbonyl (C=O) groups is 1. The lowest BCUT2D eigenvalue weighted by molar-refractivity contribution is -0.192. The molecule has 2 aliphatic rings. The van der Waals surface area contributed by atoms with E-state index < -0.39 is 12.1 Å². The van der Waals surface area contributed by atoms with Crippen molar-refractivity contribution in [3.8, 4) is 0 Å². The highest BCUT2D eigenvalue weighted by molar-refractivity contribution is 5.73. The Morgan fingerprint density at radius 3 is 2.60 bits per heavy atom. The number of furan rings is 1. The van der Waals surface area contributed by atoms with Crippen molar-refractivity contribution in [1.82, 2.24) is 15.0 Å². The Kier molecular flexibility index (Phi) is 6.81. The zero-order chi connectivity index (χ0) is 21.9. The summed E-state index contributed by atoms with van der Waals surface area (Å²) in [5.74, 6) is 0.966. The van der Waals surface area contributed by atoms with Crippen molar-refractivity contribution in [1.29, 1.82) is 0 Å². The summed E-state index contributed by atoms with van der Waals surface area (Å²) in [5.41, 5.74) is 0. The molecule has 2 aromatic rings. The Labute approximate surface area is 171 Å². The molecular weight excluding hydrogens is 407 g/mol. The molecule has 2 aliphatic heterocycles. The van der Waals surface area contributed by atoms with Crippen molar-refractivity contribution in [3.63, 3.8) is 0 Å². The van der Waals surface area contributed by atoms with Crippen LogP contribution in [0.2, 0.25) is 0 Å². The average Bonchev–Trinajstić information content (AvgIpc) is 3.41. The molecule has 0 unspecified atom stereocenters. The quantitative estimate of drug-likeness (QED) is 0.787. The van der Waals surface area contributed by atoms with Crippen LogP contribution in [-0.4, -0.2) is 57.6 Å². The van der Waals surface area contributed by atoms with Gasteiger partial charge < -0.3 is 18.8 Å². The lowest BCUT2D eigenvalue weighted by Gasteiger charge is -2.39. The zero-order valence-electron chi connectivity index (χ0n) is 16.7. The van der Waals surface area contributed by atoms with Crippen LogP contribution in [0.15, 0.2) is 21.1 Å². The van der Waals surface area contributed by atoms with E-state index in [2.05, 4.69) is 34.1 Å². The molecule has 0 saturated carbocycles. The molecule has 166 valence electrons. The highest BCUT2D eigenvalue weighted by atomic mass is 19.4. The monoisotopic (exact) mass is 431 g/mol. The number of ether oxygens (including phenoxy) is 1. The molecule has 0 aliphatic carbocycles. The molecule has 0 amide bonds. The molecule has 0 spiro atoms. The number of alkyl halides is 3. The van der Waals surface area contributed by atoms with E-state index >= 15 is 0 Å². The number of hydrogen-bond acceptors (Lipinski definition) is 7. The van der Waals surface area contributed by atoms with Crippen molar-refractivity contribution in [2.75, 3.05) is 13.2 Å². The Morgan fingerprint density at radius 2 is 2.03 bits per heavy atom. The molecule has 3 atom stereocenters. The first-order valence-corrected chi connectivity index (χ1v) is 9.71. The van der Waals surface area contributed by atoms with Crippen LogP contribution in [-0.2, 0) is 22.5 Å². The molecule has 2 saturated heterocycles. The minimum atomic E-state index is -5.08. The third-order valence-corrected chi connectivity index (χ3v) is 5.18. The Bertz CT molecular complexity index is 851. The number of aryl methyl sites for hydroxylation is 2. The summed E-state index contributed by atoms with van der Waals surface area (Å²) < 4.78 is 49.0. The molecule has 4 rings (SSSR count). The second-order valence-electron chi connectivity index (χ2n) is 7.33. The van der Waals surface area contributed by atoms with Crippen LogP contribution in [0, 0.1) is 6.92 Å². The van der Waals surface area contributed by atoms with Gasteiger partial charge in [0.1, 0.15) is 11.5 Å². The predicted molar refractivity (Wildman–Crippen MR) is 96.7 cm³/mol. The Balaban J connectivity index is 0.000000318. The zero-order valence-corrected chi connectivity index (χ0v) is 16.7. The molecule has 1 N–H and O–H groups in total. The van der Waals surface area contributed by atoms with Gasteiger partial charge in [-0.3, -0.25) is 4.90 Å². The molecule has 30 heavy (non-hydrogen) atoms. The van der Waals surface area contributed by atoms with E-state index in [1.54, 1.807) is 0 Å². The molecular formula is C19H24F3N3O5. The van der Waals surface area contributed by atoms with E-state index in [4.69, 9.17) is 23.6 Å². The van der Waals surface area contributed by atoms with E-state index in [9.17, 15) is 13.2 Å². The second-order valence-corrected chi connectivity index (χ2v) is 7.33. The first-order valence-electron chi connectivity index (χ1n) is 9.71. The molecule has 4 heterocycles. The first-order chi connectivity index (χ1) is 14.2. The van der Waals surface area contributed by atoms with Gasteiger partial charge in [0.2, 0.25) is 5.89 Å². The van der Waals surface area contributed by atoms with Crippen LogP contribution >= 0.6 is 0 Å². The van der Waals surface area contributed by atoms with E-state index in [1.807, 2.05) is 6.92 Å². The van der Waals surface area contributed by atoms with E-state index in [-0.39, 0.29) is 12.0 Å². The van der Waals surface area contributed by atoms with Crippen LogP contribution in [0.5, 0.6) is 0 Å². The highest BCUT2D eigenvalue weighted by Crippen LogP contribution is 2.36. The Hall–Kier alpha value is -2.40. The number of aliphatic carboxylic acids is 1. The lowest BCUT2D eigenvalue weighted by Crippen LogP contribution is -2.48. The number of carboxylic acids is 1. The number of fused-ring (bicyclic) bond motifs is 1. The number of hydrogen-bond donors (Lipinski definition) is 1. The van der Waals surface area contributed by atoms with E-state index in [1.165, 1.54) is 0 Å². The largest absolute Gasteiger partial charge is 0.490 e. The molecule has 11 heteroatoms. The van der Waals surface area contributed by atoms with Crippen molar-refractivity contribution in [3.05, 3.63) is 35.4 Å². The van der Waals surface area contributed by atoms with Crippen LogP contribution in [0.1, 0.15) is 48.9 Å². The van der Waals surface area contributed by atoms with Gasteiger partial charge in [0.15, 0.2) is 5.82 Å². The van der Waals surface area contributed by atoms with Crippen molar-refractivity contribution in [2.24, 2.45) is 0 Å². The van der Waals surface area contributed by atoms with Gasteiger partial charge in [0.25, 0.3) is 0 Å². The Morgan fingerprint density at radius 1 is 1.33 bits per heavy atom. The summed E-state index contributed by atoms with van der Waals surface area (Å²) >= 11 is 0. The summed E-state index contributed by atoms with van der Waals surface area (Å²) in [4.78, 5) is 15.8. The molecule has 0 bridgehead atoms. The van der Waals surface area contributed by atoms with Gasteiger partial charge in [-0.15, -0.1) is 0 Å². The summed E-state index contributed by atoms with van der Waals surface area (Å²) in [5, 5.41) is 11.1. The van der Waals surface area contributed by atoms with Crippen molar-refractivity contribution < 1.29 is 36.7 Å². The molecule has 2 fully saturated rings.